The highest BCUT2D eigenvalue weighted by molar-refractivity contribution is 5.68. The fourth-order valence-electron chi connectivity index (χ4n) is 2.28. The molecule has 0 aliphatic carbocycles. The summed E-state index contributed by atoms with van der Waals surface area (Å²) in [5.74, 6) is 0.0582. The first kappa shape index (κ1) is 12.7. The number of nitrogens with one attached hydrogen (secondary N) is 1. The molecule has 1 fully saturated rings. The van der Waals surface area contributed by atoms with Gasteiger partial charge in [0.05, 0.1) is 19.2 Å². The molecule has 1 atom stereocenters. The van der Waals surface area contributed by atoms with E-state index in [1.54, 1.807) is 7.11 Å². The number of benzene rings is 1. The van der Waals surface area contributed by atoms with Gasteiger partial charge in [-0.2, -0.15) is 0 Å². The topological polar surface area (TPSA) is 61.8 Å². The van der Waals surface area contributed by atoms with Crippen LogP contribution < -0.4 is 15.0 Å². The Hall–Kier alpha value is -1.75. The Kier molecular flexibility index (Phi) is 4.04. The molecule has 1 heterocycles. The summed E-state index contributed by atoms with van der Waals surface area (Å²) in [4.78, 5) is 12.9. The zero-order valence-corrected chi connectivity index (χ0v) is 10.4. The second-order valence-electron chi connectivity index (χ2n) is 4.37. The van der Waals surface area contributed by atoms with E-state index in [0.717, 1.165) is 24.5 Å². The lowest BCUT2D eigenvalue weighted by molar-refractivity contribution is -0.137. The van der Waals surface area contributed by atoms with Gasteiger partial charge in [-0.1, -0.05) is 12.1 Å². The number of carboxylic acids is 1. The lowest BCUT2D eigenvalue weighted by Gasteiger charge is -2.35. The number of rotatable bonds is 4. The number of methoxy groups -OCH3 is 1. The Morgan fingerprint density at radius 1 is 1.56 bits per heavy atom. The van der Waals surface area contributed by atoms with Gasteiger partial charge in [-0.15, -0.1) is 0 Å². The number of piperazine rings is 1. The van der Waals surface area contributed by atoms with E-state index in [0.29, 0.717) is 6.54 Å². The van der Waals surface area contributed by atoms with Crippen LogP contribution in [0.15, 0.2) is 24.3 Å². The molecule has 0 spiro atoms. The molecular weight excluding hydrogens is 232 g/mol. The van der Waals surface area contributed by atoms with Crippen LogP contribution in [0.1, 0.15) is 6.42 Å². The average Bonchev–Trinajstić information content (AvgIpc) is 2.38. The van der Waals surface area contributed by atoms with Crippen molar-refractivity contribution in [2.75, 3.05) is 31.6 Å². The number of para-hydroxylation sites is 2. The summed E-state index contributed by atoms with van der Waals surface area (Å²) in [6, 6.07) is 7.80. The molecule has 18 heavy (non-hydrogen) atoms. The maximum absolute atomic E-state index is 10.8. The highest BCUT2D eigenvalue weighted by Crippen LogP contribution is 2.28. The van der Waals surface area contributed by atoms with E-state index in [1.807, 2.05) is 24.3 Å². The fraction of sp³-hybridized carbons (Fsp3) is 0.462. The third-order valence-electron chi connectivity index (χ3n) is 3.10. The zero-order chi connectivity index (χ0) is 13.0. The third-order valence-corrected chi connectivity index (χ3v) is 3.10. The van der Waals surface area contributed by atoms with Crippen molar-refractivity contribution in [3.05, 3.63) is 24.3 Å². The summed E-state index contributed by atoms with van der Waals surface area (Å²) in [6.07, 6.45) is 0.144. The molecule has 1 aromatic carbocycles. The van der Waals surface area contributed by atoms with E-state index in [-0.39, 0.29) is 12.5 Å². The summed E-state index contributed by atoms with van der Waals surface area (Å²) in [7, 11) is 1.65. The molecule has 0 amide bonds. The van der Waals surface area contributed by atoms with Crippen molar-refractivity contribution in [3.8, 4) is 5.75 Å². The average molecular weight is 250 g/mol. The molecule has 0 aromatic heterocycles. The van der Waals surface area contributed by atoms with Crippen molar-refractivity contribution in [2.45, 2.75) is 12.5 Å². The number of anilines is 1. The van der Waals surface area contributed by atoms with Crippen LogP contribution in [-0.4, -0.2) is 43.9 Å². The molecular formula is C13H18N2O3. The van der Waals surface area contributed by atoms with Crippen LogP contribution >= 0.6 is 0 Å². The summed E-state index contributed by atoms with van der Waals surface area (Å²) < 4.78 is 5.34. The molecule has 0 saturated carbocycles. The number of hydrogen-bond donors (Lipinski definition) is 2. The van der Waals surface area contributed by atoms with Crippen LogP contribution in [0.5, 0.6) is 5.75 Å². The summed E-state index contributed by atoms with van der Waals surface area (Å²) in [5, 5.41) is 12.1. The van der Waals surface area contributed by atoms with E-state index in [9.17, 15) is 4.79 Å². The van der Waals surface area contributed by atoms with E-state index in [2.05, 4.69) is 10.2 Å². The number of aliphatic carboxylic acids is 1. The minimum Gasteiger partial charge on any atom is -0.495 e. The van der Waals surface area contributed by atoms with E-state index >= 15 is 0 Å². The molecule has 2 N–H and O–H groups in total. The number of ether oxygens (including phenoxy) is 1. The maximum Gasteiger partial charge on any atom is 0.304 e. The first-order chi connectivity index (χ1) is 8.70. The highest BCUT2D eigenvalue weighted by atomic mass is 16.5. The molecule has 1 aliphatic heterocycles. The molecule has 5 heteroatoms. The Morgan fingerprint density at radius 3 is 3.06 bits per heavy atom. The zero-order valence-electron chi connectivity index (χ0n) is 10.4. The predicted molar refractivity (Wildman–Crippen MR) is 69.3 cm³/mol. The van der Waals surface area contributed by atoms with Gasteiger partial charge in [-0.25, -0.2) is 0 Å². The Labute approximate surface area is 106 Å². The molecule has 1 saturated heterocycles. The van der Waals surface area contributed by atoms with Crippen LogP contribution in [0.4, 0.5) is 5.69 Å². The second kappa shape index (κ2) is 5.73. The standard InChI is InChI=1S/C13H18N2O3/c1-18-12-5-3-2-4-11(12)15-7-6-14-10(9-15)8-13(16)17/h2-5,10,14H,6-9H2,1H3,(H,16,17). The van der Waals surface area contributed by atoms with Crippen molar-refractivity contribution in [1.82, 2.24) is 5.32 Å². The highest BCUT2D eigenvalue weighted by Gasteiger charge is 2.23. The summed E-state index contributed by atoms with van der Waals surface area (Å²) in [6.45, 7) is 2.33. The Bertz CT molecular complexity index is 422. The molecule has 1 unspecified atom stereocenters. The lowest BCUT2D eigenvalue weighted by atomic mass is 10.1. The predicted octanol–water partition coefficient (Wildman–Crippen LogP) is 0.948. The SMILES string of the molecule is COc1ccccc1N1CCNC(CC(=O)O)C1. The van der Waals surface area contributed by atoms with Gasteiger partial charge in [-0.3, -0.25) is 4.79 Å². The van der Waals surface area contributed by atoms with Crippen LogP contribution in [0.3, 0.4) is 0 Å². The number of hydrogen-bond acceptors (Lipinski definition) is 4. The summed E-state index contributed by atoms with van der Waals surface area (Å²) >= 11 is 0. The van der Waals surface area contributed by atoms with Crippen LogP contribution in [-0.2, 0) is 4.79 Å². The molecule has 1 aromatic rings. The van der Waals surface area contributed by atoms with E-state index in [4.69, 9.17) is 9.84 Å². The van der Waals surface area contributed by atoms with E-state index < -0.39 is 5.97 Å². The molecule has 98 valence electrons. The Balaban J connectivity index is 2.10. The van der Waals surface area contributed by atoms with Crippen LogP contribution in [0, 0.1) is 0 Å². The Morgan fingerprint density at radius 2 is 2.33 bits per heavy atom. The van der Waals surface area contributed by atoms with Crippen molar-refractivity contribution < 1.29 is 14.6 Å². The molecule has 0 bridgehead atoms. The van der Waals surface area contributed by atoms with Gasteiger partial charge in [0.25, 0.3) is 0 Å². The lowest BCUT2D eigenvalue weighted by Crippen LogP contribution is -2.51. The molecule has 1 aliphatic rings. The first-order valence-corrected chi connectivity index (χ1v) is 6.04. The number of nitrogens with zero attached hydrogens (tertiary/aromatic N) is 1. The summed E-state index contributed by atoms with van der Waals surface area (Å²) in [5.41, 5.74) is 1.02. The fourth-order valence-corrected chi connectivity index (χ4v) is 2.28. The van der Waals surface area contributed by atoms with Gasteiger partial charge >= 0.3 is 5.97 Å². The van der Waals surface area contributed by atoms with Crippen molar-refractivity contribution in [2.24, 2.45) is 0 Å². The van der Waals surface area contributed by atoms with Gasteiger partial charge < -0.3 is 20.1 Å². The minimum atomic E-state index is -0.769. The van der Waals surface area contributed by atoms with Gasteiger partial charge in [0.15, 0.2) is 0 Å². The molecule has 5 nitrogen and oxygen atoms in total. The number of carboxylic acid groups (broad SMARTS) is 1. The normalized spacial score (nSPS) is 19.6. The molecule has 0 radical (unpaired) electrons. The van der Waals surface area contributed by atoms with Gasteiger partial charge in [-0.05, 0) is 12.1 Å². The van der Waals surface area contributed by atoms with Crippen LogP contribution in [0.25, 0.3) is 0 Å². The smallest absolute Gasteiger partial charge is 0.304 e. The van der Waals surface area contributed by atoms with Gasteiger partial charge in [0.1, 0.15) is 5.75 Å². The largest absolute Gasteiger partial charge is 0.495 e. The van der Waals surface area contributed by atoms with Gasteiger partial charge in [0, 0.05) is 25.7 Å². The first-order valence-electron chi connectivity index (χ1n) is 6.04. The number of carbonyl (C=O) groups is 1. The third kappa shape index (κ3) is 2.92. The van der Waals surface area contributed by atoms with Crippen molar-refractivity contribution in [3.63, 3.8) is 0 Å². The second-order valence-corrected chi connectivity index (χ2v) is 4.37. The quantitative estimate of drug-likeness (QED) is 0.833. The minimum absolute atomic E-state index is 0.0128. The van der Waals surface area contributed by atoms with E-state index in [1.165, 1.54) is 0 Å². The maximum atomic E-state index is 10.8. The molecule has 2 rings (SSSR count). The van der Waals surface area contributed by atoms with Crippen molar-refractivity contribution >= 4 is 11.7 Å². The van der Waals surface area contributed by atoms with Crippen molar-refractivity contribution in [1.29, 1.82) is 0 Å². The van der Waals surface area contributed by atoms with Gasteiger partial charge in [0.2, 0.25) is 0 Å². The van der Waals surface area contributed by atoms with Crippen LogP contribution in [0.2, 0.25) is 0 Å². The monoisotopic (exact) mass is 250 g/mol.